The Bertz CT molecular complexity index is 1500. The van der Waals surface area contributed by atoms with E-state index < -0.39 is 17.5 Å². The first-order chi connectivity index (χ1) is 17.0. The second-order valence-corrected chi connectivity index (χ2v) is 9.63. The second-order valence-electron chi connectivity index (χ2n) is 9.63. The number of rotatable bonds is 5. The molecule has 4 rings (SSSR count). The number of halogens is 3. The van der Waals surface area contributed by atoms with Gasteiger partial charge in [-0.15, -0.1) is 0 Å². The van der Waals surface area contributed by atoms with Crippen LogP contribution in [-0.4, -0.2) is 23.0 Å². The highest BCUT2D eigenvalue weighted by molar-refractivity contribution is 6.04. The predicted molar refractivity (Wildman–Crippen MR) is 135 cm³/mol. The summed E-state index contributed by atoms with van der Waals surface area (Å²) in [5.74, 6) is -2.51. The zero-order chi connectivity index (χ0) is 26.2. The lowest BCUT2D eigenvalue weighted by molar-refractivity contribution is -0.112. The van der Waals surface area contributed by atoms with Gasteiger partial charge in [0.15, 0.2) is 11.6 Å². The molecule has 0 saturated heterocycles. The first-order valence-corrected chi connectivity index (χ1v) is 11.3. The second kappa shape index (κ2) is 9.53. The Morgan fingerprint density at radius 2 is 1.78 bits per heavy atom. The molecule has 0 aliphatic carbocycles. The summed E-state index contributed by atoms with van der Waals surface area (Å²) in [4.78, 5) is 19.9. The third kappa shape index (κ3) is 5.12. The summed E-state index contributed by atoms with van der Waals surface area (Å²) >= 11 is 0. The molecule has 0 radical (unpaired) electrons. The Hall–Kier alpha value is -4.07. The number of nitrogens with zero attached hydrogens (tertiary/aromatic N) is 1. The van der Waals surface area contributed by atoms with Crippen molar-refractivity contribution in [3.05, 3.63) is 77.9 Å². The minimum atomic E-state index is -0.837. The average Bonchev–Trinajstić information content (AvgIpc) is 3.22. The van der Waals surface area contributed by atoms with Gasteiger partial charge in [0.2, 0.25) is 0 Å². The fraction of sp³-hybridized carbons (Fsp3) is 0.214. The predicted octanol–water partition coefficient (Wildman–Crippen LogP) is 7.25. The maximum atomic E-state index is 14.9. The van der Waals surface area contributed by atoms with Gasteiger partial charge in [0.1, 0.15) is 17.3 Å². The average molecular weight is 494 g/mol. The van der Waals surface area contributed by atoms with Crippen molar-refractivity contribution in [2.75, 3.05) is 12.4 Å². The number of anilines is 1. The largest absolute Gasteiger partial charge is 0.493 e. The third-order valence-corrected chi connectivity index (χ3v) is 5.58. The van der Waals surface area contributed by atoms with Gasteiger partial charge in [0.25, 0.3) is 5.91 Å². The minimum Gasteiger partial charge on any atom is -0.493 e. The number of aromatic amines is 1. The quantitative estimate of drug-likeness (QED) is 0.288. The molecule has 0 bridgehead atoms. The van der Waals surface area contributed by atoms with Crippen LogP contribution in [0, 0.1) is 22.9 Å². The van der Waals surface area contributed by atoms with Crippen LogP contribution in [0.2, 0.25) is 0 Å². The smallest absolute Gasteiger partial charge is 0.250 e. The van der Waals surface area contributed by atoms with Crippen molar-refractivity contribution in [2.24, 2.45) is 5.41 Å². The molecule has 0 saturated carbocycles. The number of nitrogens with one attached hydrogen (secondary N) is 2. The molecule has 0 spiro atoms. The van der Waals surface area contributed by atoms with Crippen molar-refractivity contribution in [3.8, 4) is 28.0 Å². The highest BCUT2D eigenvalue weighted by atomic mass is 19.1. The van der Waals surface area contributed by atoms with E-state index in [2.05, 4.69) is 15.3 Å². The normalized spacial score (nSPS) is 12.2. The summed E-state index contributed by atoms with van der Waals surface area (Å²) < 4.78 is 48.4. The summed E-state index contributed by atoms with van der Waals surface area (Å²) in [7, 11) is 1.30. The van der Waals surface area contributed by atoms with E-state index in [-0.39, 0.29) is 28.2 Å². The number of allylic oxidation sites excluding steroid dienone is 1. The molecule has 0 fully saturated rings. The van der Waals surface area contributed by atoms with Gasteiger partial charge in [0.05, 0.1) is 7.11 Å². The van der Waals surface area contributed by atoms with Gasteiger partial charge in [-0.2, -0.15) is 0 Å². The standard InChI is InChI=1S/C28H26F3N3O2/c1-15(12-28(2,3)4)27(35)34-18-6-7-23(30)19(11-18)16-8-21-22(14-33-26(21)32-13-16)20-9-17(29)10-24(31)25(20)36-5/h6-14H,1-5H3,(H,32,33)(H,34,35). The Kier molecular flexibility index (Phi) is 6.63. The summed E-state index contributed by atoms with van der Waals surface area (Å²) in [6.07, 6.45) is 4.91. The van der Waals surface area contributed by atoms with Gasteiger partial charge in [-0.3, -0.25) is 4.79 Å². The van der Waals surface area contributed by atoms with Crippen LogP contribution in [-0.2, 0) is 4.79 Å². The van der Waals surface area contributed by atoms with Crippen LogP contribution in [0.1, 0.15) is 27.7 Å². The van der Waals surface area contributed by atoms with Crippen molar-refractivity contribution >= 4 is 22.6 Å². The summed E-state index contributed by atoms with van der Waals surface area (Å²) in [5.41, 5.74) is 2.53. The number of amides is 1. The molecule has 2 aromatic heterocycles. The fourth-order valence-electron chi connectivity index (χ4n) is 4.11. The number of carbonyl (C=O) groups is 1. The van der Waals surface area contributed by atoms with Crippen molar-refractivity contribution in [1.82, 2.24) is 9.97 Å². The number of aromatic nitrogens is 2. The van der Waals surface area contributed by atoms with Crippen LogP contribution >= 0.6 is 0 Å². The number of fused-ring (bicyclic) bond motifs is 1. The van der Waals surface area contributed by atoms with Crippen LogP contribution < -0.4 is 10.1 Å². The summed E-state index contributed by atoms with van der Waals surface area (Å²) in [6.45, 7) is 7.70. The topological polar surface area (TPSA) is 67.0 Å². The molecule has 0 aliphatic rings. The van der Waals surface area contributed by atoms with Crippen LogP contribution in [0.5, 0.6) is 5.75 Å². The number of hydrogen-bond donors (Lipinski definition) is 2. The van der Waals surface area contributed by atoms with Gasteiger partial charge in [-0.25, -0.2) is 18.2 Å². The van der Waals surface area contributed by atoms with E-state index in [1.165, 1.54) is 37.6 Å². The number of carbonyl (C=O) groups excluding carboxylic acids is 1. The molecular formula is C28H26F3N3O2. The summed E-state index contributed by atoms with van der Waals surface area (Å²) in [5, 5.41) is 3.32. The zero-order valence-corrected chi connectivity index (χ0v) is 20.6. The molecule has 2 N–H and O–H groups in total. The maximum absolute atomic E-state index is 14.9. The molecular weight excluding hydrogens is 467 g/mol. The number of benzene rings is 2. The van der Waals surface area contributed by atoms with E-state index >= 15 is 0 Å². The van der Waals surface area contributed by atoms with Crippen LogP contribution in [0.4, 0.5) is 18.9 Å². The van der Waals surface area contributed by atoms with Crippen molar-refractivity contribution < 1.29 is 22.7 Å². The lowest BCUT2D eigenvalue weighted by Crippen LogP contribution is -2.15. The van der Waals surface area contributed by atoms with E-state index in [1.807, 2.05) is 26.8 Å². The van der Waals surface area contributed by atoms with Gasteiger partial charge in [-0.1, -0.05) is 26.8 Å². The summed E-state index contributed by atoms with van der Waals surface area (Å²) in [6, 6.07) is 7.85. The monoisotopic (exact) mass is 493 g/mol. The van der Waals surface area contributed by atoms with Crippen LogP contribution in [0.15, 0.2) is 60.4 Å². The van der Waals surface area contributed by atoms with Crippen LogP contribution in [0.25, 0.3) is 33.3 Å². The van der Waals surface area contributed by atoms with E-state index in [4.69, 9.17) is 4.74 Å². The molecule has 0 aliphatic heterocycles. The van der Waals surface area contributed by atoms with E-state index in [1.54, 1.807) is 19.2 Å². The first kappa shape index (κ1) is 25.0. The molecule has 0 unspecified atom stereocenters. The number of H-pyrrole nitrogens is 1. The first-order valence-electron chi connectivity index (χ1n) is 11.3. The number of methoxy groups -OCH3 is 1. The minimum absolute atomic E-state index is 0.114. The number of pyridine rings is 1. The Morgan fingerprint density at radius 1 is 1.03 bits per heavy atom. The number of hydrogen-bond acceptors (Lipinski definition) is 3. The fourth-order valence-corrected chi connectivity index (χ4v) is 4.11. The SMILES string of the molecule is COc1c(F)cc(F)cc1-c1c[nH]c2ncc(-c3cc(NC(=O)C(C)=CC(C)(C)C)ccc3F)cc12. The van der Waals surface area contributed by atoms with Gasteiger partial charge >= 0.3 is 0 Å². The van der Waals surface area contributed by atoms with Crippen molar-refractivity contribution in [3.63, 3.8) is 0 Å². The molecule has 186 valence electrons. The molecule has 2 heterocycles. The highest BCUT2D eigenvalue weighted by Crippen LogP contribution is 2.38. The van der Waals surface area contributed by atoms with Gasteiger partial charge in [0, 0.05) is 57.4 Å². The maximum Gasteiger partial charge on any atom is 0.250 e. The Labute approximate surface area is 207 Å². The Balaban J connectivity index is 1.76. The lowest BCUT2D eigenvalue weighted by atomic mass is 9.93. The van der Waals surface area contributed by atoms with Crippen LogP contribution in [0.3, 0.4) is 0 Å². The van der Waals surface area contributed by atoms with Crippen molar-refractivity contribution in [2.45, 2.75) is 27.7 Å². The molecule has 8 heteroatoms. The molecule has 5 nitrogen and oxygen atoms in total. The highest BCUT2D eigenvalue weighted by Gasteiger charge is 2.19. The molecule has 1 amide bonds. The van der Waals surface area contributed by atoms with Crippen molar-refractivity contribution in [1.29, 1.82) is 0 Å². The van der Waals surface area contributed by atoms with E-state index in [0.717, 1.165) is 6.07 Å². The molecule has 0 atom stereocenters. The van der Waals surface area contributed by atoms with Gasteiger partial charge in [-0.05, 0) is 42.7 Å². The number of ether oxygens (including phenoxy) is 1. The molecule has 36 heavy (non-hydrogen) atoms. The molecule has 4 aromatic rings. The van der Waals surface area contributed by atoms with E-state index in [0.29, 0.717) is 33.4 Å². The third-order valence-electron chi connectivity index (χ3n) is 5.58. The Morgan fingerprint density at radius 3 is 2.47 bits per heavy atom. The zero-order valence-electron chi connectivity index (χ0n) is 20.6. The van der Waals surface area contributed by atoms with Gasteiger partial charge < -0.3 is 15.0 Å². The lowest BCUT2D eigenvalue weighted by Gasteiger charge is -2.14. The molecule has 2 aromatic carbocycles. The van der Waals surface area contributed by atoms with E-state index in [9.17, 15) is 18.0 Å².